The van der Waals surface area contributed by atoms with E-state index in [9.17, 15) is 4.39 Å². The molecule has 138 valence electrons. The molecule has 0 saturated heterocycles. The first-order valence-electron chi connectivity index (χ1n) is 7.92. The van der Waals surface area contributed by atoms with Gasteiger partial charge in [-0.1, -0.05) is 6.07 Å². The highest BCUT2D eigenvalue weighted by Crippen LogP contribution is 2.15. The van der Waals surface area contributed by atoms with Crippen molar-refractivity contribution in [3.8, 4) is 5.69 Å². The highest BCUT2D eigenvalue weighted by Gasteiger charge is 2.06. The first-order chi connectivity index (χ1) is 12.2. The molecule has 0 atom stereocenters. The lowest BCUT2D eigenvalue weighted by molar-refractivity contribution is 0.615. The number of imidazole rings is 1. The van der Waals surface area contributed by atoms with Gasteiger partial charge < -0.3 is 15.2 Å². The second-order valence-electron chi connectivity index (χ2n) is 5.55. The van der Waals surface area contributed by atoms with Gasteiger partial charge in [0, 0.05) is 35.7 Å². The third-order valence-corrected chi connectivity index (χ3v) is 4.70. The lowest BCUT2D eigenvalue weighted by atomic mass is 10.2. The second kappa shape index (κ2) is 9.67. The molecule has 0 fully saturated rings. The average molecular weight is 485 g/mol. The summed E-state index contributed by atoms with van der Waals surface area (Å²) in [7, 11) is 1.72. The Morgan fingerprint density at radius 3 is 2.65 bits per heavy atom. The van der Waals surface area contributed by atoms with E-state index in [1.807, 2.05) is 6.07 Å². The second-order valence-corrected chi connectivity index (χ2v) is 6.92. The molecule has 0 saturated carbocycles. The largest absolute Gasteiger partial charge is 0.352 e. The molecule has 0 unspecified atom stereocenters. The molecule has 0 bridgehead atoms. The number of guanidine groups is 1. The van der Waals surface area contributed by atoms with Gasteiger partial charge in [0.25, 0.3) is 0 Å². The Labute approximate surface area is 173 Å². The molecular formula is C18H21FIN5S. The Morgan fingerprint density at radius 1 is 1.23 bits per heavy atom. The lowest BCUT2D eigenvalue weighted by Crippen LogP contribution is -2.36. The zero-order valence-electron chi connectivity index (χ0n) is 14.6. The maximum atomic E-state index is 14.3. The van der Waals surface area contributed by atoms with Gasteiger partial charge in [-0.2, -0.15) is 0 Å². The number of thiophene rings is 1. The van der Waals surface area contributed by atoms with Crippen LogP contribution in [0.25, 0.3) is 5.69 Å². The molecule has 0 aliphatic carbocycles. The third kappa shape index (κ3) is 5.28. The number of aryl methyl sites for hydroxylation is 1. The summed E-state index contributed by atoms with van der Waals surface area (Å²) < 4.78 is 15.9. The summed E-state index contributed by atoms with van der Waals surface area (Å²) in [6.07, 6.45) is 4.92. The summed E-state index contributed by atoms with van der Waals surface area (Å²) in [5.74, 6) is 0.402. The number of aromatic nitrogens is 2. The minimum Gasteiger partial charge on any atom is -0.352 e. The number of hydrogen-bond acceptors (Lipinski definition) is 3. The summed E-state index contributed by atoms with van der Waals surface area (Å²) in [5.41, 5.74) is 1.33. The van der Waals surface area contributed by atoms with Crippen molar-refractivity contribution in [2.75, 3.05) is 7.05 Å². The Hall–Kier alpha value is -1.94. The van der Waals surface area contributed by atoms with E-state index in [-0.39, 0.29) is 29.8 Å². The van der Waals surface area contributed by atoms with Crippen LogP contribution < -0.4 is 10.6 Å². The van der Waals surface area contributed by atoms with Crippen LogP contribution in [0.4, 0.5) is 4.39 Å². The number of halogens is 2. The zero-order chi connectivity index (χ0) is 17.6. The number of benzene rings is 1. The van der Waals surface area contributed by atoms with Crippen molar-refractivity contribution in [1.82, 2.24) is 20.2 Å². The van der Waals surface area contributed by atoms with Gasteiger partial charge in [-0.25, -0.2) is 9.37 Å². The fraction of sp³-hybridized carbons (Fsp3) is 0.222. The standard InChI is InChI=1S/C18H20FN5S.HI/c1-13-3-5-15(25-13)11-23-18(20-2)22-10-14-4-6-17(16(19)9-14)24-8-7-21-12-24;/h3-9,12H,10-11H2,1-2H3,(H2,20,22,23);1H. The molecule has 2 aromatic heterocycles. The summed E-state index contributed by atoms with van der Waals surface area (Å²) in [6, 6.07) is 9.37. The number of nitrogens with one attached hydrogen (secondary N) is 2. The first-order valence-corrected chi connectivity index (χ1v) is 8.74. The van der Waals surface area contributed by atoms with Gasteiger partial charge in [0.2, 0.25) is 0 Å². The van der Waals surface area contributed by atoms with Crippen LogP contribution in [0.3, 0.4) is 0 Å². The molecule has 5 nitrogen and oxygen atoms in total. The van der Waals surface area contributed by atoms with Crippen LogP contribution in [0.1, 0.15) is 15.3 Å². The molecule has 2 N–H and O–H groups in total. The van der Waals surface area contributed by atoms with E-state index in [1.54, 1.807) is 47.7 Å². The molecule has 2 heterocycles. The van der Waals surface area contributed by atoms with Crippen LogP contribution >= 0.6 is 35.3 Å². The van der Waals surface area contributed by atoms with Crippen LogP contribution in [-0.2, 0) is 13.1 Å². The van der Waals surface area contributed by atoms with Crippen molar-refractivity contribution in [3.05, 3.63) is 70.2 Å². The average Bonchev–Trinajstić information content (AvgIpc) is 3.27. The van der Waals surface area contributed by atoms with Crippen LogP contribution in [0.5, 0.6) is 0 Å². The molecule has 0 radical (unpaired) electrons. The molecule has 8 heteroatoms. The van der Waals surface area contributed by atoms with Gasteiger partial charge in [0.05, 0.1) is 18.6 Å². The van der Waals surface area contributed by atoms with Crippen molar-refractivity contribution < 1.29 is 4.39 Å². The Bertz CT molecular complexity index is 860. The van der Waals surface area contributed by atoms with E-state index in [0.29, 0.717) is 24.7 Å². The van der Waals surface area contributed by atoms with Crippen molar-refractivity contribution in [2.24, 2.45) is 4.99 Å². The Balaban J connectivity index is 0.00000243. The Morgan fingerprint density at radius 2 is 2.04 bits per heavy atom. The Kier molecular flexibility index (Phi) is 7.58. The molecule has 26 heavy (non-hydrogen) atoms. The van der Waals surface area contributed by atoms with Crippen molar-refractivity contribution >= 4 is 41.3 Å². The minimum atomic E-state index is -0.283. The maximum absolute atomic E-state index is 14.3. The summed E-state index contributed by atoms with van der Waals surface area (Å²) in [5, 5.41) is 6.46. The highest BCUT2D eigenvalue weighted by molar-refractivity contribution is 14.0. The quantitative estimate of drug-likeness (QED) is 0.328. The maximum Gasteiger partial charge on any atom is 0.191 e. The topological polar surface area (TPSA) is 54.2 Å². The van der Waals surface area contributed by atoms with Gasteiger partial charge in [0.1, 0.15) is 5.82 Å². The lowest BCUT2D eigenvalue weighted by Gasteiger charge is -2.12. The molecule has 3 aromatic rings. The van der Waals surface area contributed by atoms with E-state index in [4.69, 9.17) is 0 Å². The van der Waals surface area contributed by atoms with Gasteiger partial charge in [-0.3, -0.25) is 4.99 Å². The monoisotopic (exact) mass is 485 g/mol. The number of rotatable bonds is 5. The van der Waals surface area contributed by atoms with E-state index < -0.39 is 0 Å². The molecule has 0 spiro atoms. The van der Waals surface area contributed by atoms with Crippen LogP contribution in [-0.4, -0.2) is 22.6 Å². The predicted octanol–water partition coefficient (Wildman–Crippen LogP) is 3.86. The first kappa shape index (κ1) is 20.4. The minimum absolute atomic E-state index is 0. The van der Waals surface area contributed by atoms with Crippen molar-refractivity contribution in [2.45, 2.75) is 20.0 Å². The van der Waals surface area contributed by atoms with Crippen molar-refractivity contribution in [3.63, 3.8) is 0 Å². The number of aliphatic imine (C=N–C) groups is 1. The van der Waals surface area contributed by atoms with Gasteiger partial charge in [-0.15, -0.1) is 35.3 Å². The third-order valence-electron chi connectivity index (χ3n) is 3.70. The van der Waals surface area contributed by atoms with Gasteiger partial charge in [0.15, 0.2) is 5.96 Å². The molecular weight excluding hydrogens is 464 g/mol. The molecule has 0 aliphatic rings. The predicted molar refractivity (Wildman–Crippen MR) is 115 cm³/mol. The number of nitrogens with zero attached hydrogens (tertiary/aromatic N) is 3. The SMILES string of the molecule is CN=C(NCc1ccc(-n2ccnc2)c(F)c1)NCc1ccc(C)s1.I. The summed E-state index contributed by atoms with van der Waals surface area (Å²) in [4.78, 5) is 10.7. The zero-order valence-corrected chi connectivity index (χ0v) is 17.7. The van der Waals surface area contributed by atoms with E-state index in [0.717, 1.165) is 5.56 Å². The normalized spacial score (nSPS) is 11.1. The van der Waals surface area contributed by atoms with E-state index in [1.165, 1.54) is 15.8 Å². The molecule has 1 aromatic carbocycles. The summed E-state index contributed by atoms with van der Waals surface area (Å²) >= 11 is 1.75. The van der Waals surface area contributed by atoms with Crippen LogP contribution in [0.15, 0.2) is 54.0 Å². The van der Waals surface area contributed by atoms with Crippen LogP contribution in [0.2, 0.25) is 0 Å². The fourth-order valence-corrected chi connectivity index (χ4v) is 3.26. The molecule has 0 aliphatic heterocycles. The molecule has 3 rings (SSSR count). The van der Waals surface area contributed by atoms with Crippen LogP contribution in [0, 0.1) is 12.7 Å². The van der Waals surface area contributed by atoms with Gasteiger partial charge in [-0.05, 0) is 36.8 Å². The highest BCUT2D eigenvalue weighted by atomic mass is 127. The molecule has 0 amide bonds. The van der Waals surface area contributed by atoms with E-state index >= 15 is 0 Å². The number of hydrogen-bond donors (Lipinski definition) is 2. The smallest absolute Gasteiger partial charge is 0.191 e. The van der Waals surface area contributed by atoms with Crippen molar-refractivity contribution in [1.29, 1.82) is 0 Å². The van der Waals surface area contributed by atoms with E-state index in [2.05, 4.69) is 39.7 Å². The summed E-state index contributed by atoms with van der Waals surface area (Å²) in [6.45, 7) is 3.29. The van der Waals surface area contributed by atoms with Gasteiger partial charge >= 0.3 is 0 Å². The fourth-order valence-electron chi connectivity index (χ4n) is 2.43.